The number of benzene rings is 3. The van der Waals surface area contributed by atoms with Crippen LogP contribution in [0.5, 0.6) is 0 Å². The van der Waals surface area contributed by atoms with Gasteiger partial charge >= 0.3 is 0 Å². The number of unbranched alkanes of at least 4 members (excludes halogenated alkanes) is 6. The normalized spacial score (nSPS) is 13.7. The van der Waals surface area contributed by atoms with Crippen LogP contribution in [0.4, 0.5) is 17.1 Å². The highest BCUT2D eigenvalue weighted by Gasteiger charge is 2.43. The van der Waals surface area contributed by atoms with Crippen molar-refractivity contribution >= 4 is 48.9 Å². The molecule has 0 saturated heterocycles. The molecule has 0 radical (unpaired) electrons. The maximum atomic E-state index is 4.56. The van der Waals surface area contributed by atoms with Gasteiger partial charge in [0.1, 0.15) is 0 Å². The number of hydrogen-bond donors (Lipinski definition) is 0. The molecular formula is C36H40Br2N2. The number of pyridine rings is 1. The summed E-state index contributed by atoms with van der Waals surface area (Å²) in [6, 6.07) is 28.9. The largest absolute Gasteiger partial charge is 0.310 e. The predicted molar refractivity (Wildman–Crippen MR) is 178 cm³/mol. The molecule has 1 aliphatic rings. The van der Waals surface area contributed by atoms with E-state index in [9.17, 15) is 0 Å². The van der Waals surface area contributed by atoms with Crippen LogP contribution in [-0.2, 0) is 5.41 Å². The van der Waals surface area contributed by atoms with E-state index in [1.165, 1.54) is 92.4 Å². The number of fused-ring (bicyclic) bond motifs is 2. The van der Waals surface area contributed by atoms with E-state index in [1.807, 2.05) is 18.3 Å². The van der Waals surface area contributed by atoms with Gasteiger partial charge in [-0.25, -0.2) is 0 Å². The van der Waals surface area contributed by atoms with Gasteiger partial charge in [0.05, 0.1) is 17.1 Å². The van der Waals surface area contributed by atoms with Crippen LogP contribution >= 0.6 is 31.9 Å². The molecule has 0 spiro atoms. The first kappa shape index (κ1) is 29.1. The zero-order valence-electron chi connectivity index (χ0n) is 23.8. The Kier molecular flexibility index (Phi) is 9.80. The van der Waals surface area contributed by atoms with Crippen molar-refractivity contribution in [3.8, 4) is 11.3 Å². The molecule has 0 amide bonds. The van der Waals surface area contributed by atoms with Crippen LogP contribution in [0.1, 0.15) is 89.2 Å². The second-order valence-corrected chi connectivity index (χ2v) is 13.0. The first-order valence-electron chi connectivity index (χ1n) is 15.0. The van der Waals surface area contributed by atoms with Gasteiger partial charge in [-0.05, 0) is 84.6 Å². The van der Waals surface area contributed by atoms with Crippen molar-refractivity contribution in [3.63, 3.8) is 0 Å². The van der Waals surface area contributed by atoms with Crippen molar-refractivity contribution in [2.75, 3.05) is 4.90 Å². The smallest absolute Gasteiger partial charge is 0.0701 e. The Morgan fingerprint density at radius 2 is 1.23 bits per heavy atom. The van der Waals surface area contributed by atoms with Crippen LogP contribution in [0.15, 0.2) is 94.0 Å². The molecule has 1 aromatic heterocycles. The summed E-state index contributed by atoms with van der Waals surface area (Å²) in [4.78, 5) is 7.04. The molecule has 5 rings (SSSR count). The van der Waals surface area contributed by atoms with Crippen molar-refractivity contribution < 1.29 is 0 Å². The van der Waals surface area contributed by atoms with E-state index in [-0.39, 0.29) is 5.41 Å². The Labute approximate surface area is 257 Å². The standard InChI is InChI=1S/C36H40Br2N2/c1-3-5-7-10-22-36(23-11-8-6-4-2)31-25-28(37)16-20-34(31)40(35-21-17-29(38)26-32(35)36)30-18-14-27(15-19-30)33-13-9-12-24-39-33/h9,12-21,24-26H,3-8,10-11,22-23H2,1-2H3. The molecule has 3 aromatic carbocycles. The molecule has 1 aliphatic heterocycles. The van der Waals surface area contributed by atoms with Gasteiger partial charge in [-0.3, -0.25) is 4.98 Å². The minimum atomic E-state index is -0.00981. The molecule has 0 saturated carbocycles. The molecule has 4 aromatic rings. The number of aromatic nitrogens is 1. The second-order valence-electron chi connectivity index (χ2n) is 11.1. The zero-order valence-corrected chi connectivity index (χ0v) is 27.0. The third kappa shape index (κ3) is 6.09. The van der Waals surface area contributed by atoms with Gasteiger partial charge in [-0.1, -0.05) is 115 Å². The number of hydrogen-bond acceptors (Lipinski definition) is 2. The van der Waals surface area contributed by atoms with Gasteiger partial charge < -0.3 is 4.90 Å². The molecule has 2 nitrogen and oxygen atoms in total. The molecule has 0 bridgehead atoms. The lowest BCUT2D eigenvalue weighted by molar-refractivity contribution is 0.391. The van der Waals surface area contributed by atoms with E-state index in [4.69, 9.17) is 0 Å². The molecule has 0 N–H and O–H groups in total. The van der Waals surface area contributed by atoms with Gasteiger partial charge in [-0.15, -0.1) is 0 Å². The zero-order chi connectivity index (χ0) is 28.0. The van der Waals surface area contributed by atoms with Crippen molar-refractivity contribution in [2.24, 2.45) is 0 Å². The van der Waals surface area contributed by atoms with E-state index in [2.05, 4.69) is 122 Å². The van der Waals surface area contributed by atoms with E-state index in [0.29, 0.717) is 0 Å². The number of anilines is 3. The van der Waals surface area contributed by atoms with Gasteiger partial charge in [0.25, 0.3) is 0 Å². The maximum absolute atomic E-state index is 4.56. The highest BCUT2D eigenvalue weighted by Crippen LogP contribution is 2.57. The summed E-state index contributed by atoms with van der Waals surface area (Å²) in [6.07, 6.45) is 14.4. The molecule has 208 valence electrons. The number of nitrogens with zero attached hydrogens (tertiary/aromatic N) is 2. The fourth-order valence-corrected chi connectivity index (χ4v) is 7.13. The fraction of sp³-hybridized carbons (Fsp3) is 0.361. The molecule has 0 atom stereocenters. The predicted octanol–water partition coefficient (Wildman–Crippen LogP) is 12.3. The van der Waals surface area contributed by atoms with E-state index in [1.54, 1.807) is 0 Å². The third-order valence-corrected chi connectivity index (χ3v) is 9.42. The minimum absolute atomic E-state index is 0.00981. The van der Waals surface area contributed by atoms with E-state index >= 15 is 0 Å². The quantitative estimate of drug-likeness (QED) is 0.141. The Morgan fingerprint density at radius 3 is 1.73 bits per heavy atom. The van der Waals surface area contributed by atoms with Crippen LogP contribution in [-0.4, -0.2) is 4.98 Å². The first-order valence-corrected chi connectivity index (χ1v) is 16.6. The fourth-order valence-electron chi connectivity index (χ4n) is 6.41. The molecular weight excluding hydrogens is 620 g/mol. The first-order chi connectivity index (χ1) is 19.6. The Balaban J connectivity index is 1.64. The summed E-state index contributed by atoms with van der Waals surface area (Å²) in [7, 11) is 0. The molecule has 4 heteroatoms. The average molecular weight is 661 g/mol. The average Bonchev–Trinajstić information content (AvgIpc) is 2.98. The topological polar surface area (TPSA) is 16.1 Å². The summed E-state index contributed by atoms with van der Waals surface area (Å²) in [6.45, 7) is 4.61. The molecule has 2 heterocycles. The molecule has 0 fully saturated rings. The van der Waals surface area contributed by atoms with Gasteiger partial charge in [0, 0.05) is 31.8 Å². The van der Waals surface area contributed by atoms with Crippen molar-refractivity contribution in [2.45, 2.75) is 83.5 Å². The van der Waals surface area contributed by atoms with Crippen molar-refractivity contribution in [3.05, 3.63) is 105 Å². The molecule has 0 unspecified atom stereocenters. The highest BCUT2D eigenvalue weighted by molar-refractivity contribution is 9.10. The lowest BCUT2D eigenvalue weighted by Crippen LogP contribution is -2.36. The Hall–Kier alpha value is -2.43. The second kappa shape index (κ2) is 13.5. The van der Waals surface area contributed by atoms with Crippen LogP contribution in [0, 0.1) is 0 Å². The number of halogens is 2. The van der Waals surface area contributed by atoms with E-state index in [0.717, 1.165) is 20.2 Å². The van der Waals surface area contributed by atoms with Crippen LogP contribution in [0.2, 0.25) is 0 Å². The summed E-state index contributed by atoms with van der Waals surface area (Å²) in [5.41, 5.74) is 8.81. The van der Waals surface area contributed by atoms with Gasteiger partial charge in [0.15, 0.2) is 0 Å². The van der Waals surface area contributed by atoms with Crippen LogP contribution in [0.3, 0.4) is 0 Å². The Bertz CT molecular complexity index is 1330. The lowest BCUT2D eigenvalue weighted by atomic mass is 9.65. The highest BCUT2D eigenvalue weighted by atomic mass is 79.9. The summed E-state index contributed by atoms with van der Waals surface area (Å²) in [5, 5.41) is 0. The Morgan fingerprint density at radius 1 is 0.650 bits per heavy atom. The summed E-state index contributed by atoms with van der Waals surface area (Å²) < 4.78 is 2.31. The molecule has 0 aliphatic carbocycles. The monoisotopic (exact) mass is 658 g/mol. The minimum Gasteiger partial charge on any atom is -0.310 e. The molecule has 40 heavy (non-hydrogen) atoms. The number of rotatable bonds is 12. The van der Waals surface area contributed by atoms with E-state index < -0.39 is 0 Å². The van der Waals surface area contributed by atoms with Crippen molar-refractivity contribution in [1.29, 1.82) is 0 Å². The van der Waals surface area contributed by atoms with Crippen LogP contribution < -0.4 is 4.90 Å². The summed E-state index contributed by atoms with van der Waals surface area (Å²) in [5.74, 6) is 0. The van der Waals surface area contributed by atoms with Crippen LogP contribution in [0.25, 0.3) is 11.3 Å². The third-order valence-electron chi connectivity index (χ3n) is 8.43. The van der Waals surface area contributed by atoms with Gasteiger partial charge in [-0.2, -0.15) is 0 Å². The van der Waals surface area contributed by atoms with Crippen molar-refractivity contribution in [1.82, 2.24) is 4.98 Å². The summed E-state index contributed by atoms with van der Waals surface area (Å²) >= 11 is 7.72. The lowest BCUT2D eigenvalue weighted by Gasteiger charge is -2.46. The van der Waals surface area contributed by atoms with Gasteiger partial charge in [0.2, 0.25) is 0 Å². The SMILES string of the molecule is CCCCCCC1(CCCCCC)c2cc(Br)ccc2N(c2ccc(-c3ccccn3)cc2)c2ccc(Br)cc21. The maximum Gasteiger partial charge on any atom is 0.0701 e.